The van der Waals surface area contributed by atoms with E-state index in [2.05, 4.69) is 20.5 Å². The van der Waals surface area contributed by atoms with Crippen molar-refractivity contribution >= 4 is 23.4 Å². The maximum atomic E-state index is 12.0. The normalized spacial score (nSPS) is 10.5. The zero-order valence-electron chi connectivity index (χ0n) is 13.9. The van der Waals surface area contributed by atoms with Crippen LogP contribution in [0.2, 0.25) is 0 Å². The third-order valence-corrected chi connectivity index (χ3v) is 4.31. The molecule has 0 bridgehead atoms. The summed E-state index contributed by atoms with van der Waals surface area (Å²) in [6, 6.07) is 15.2. The van der Waals surface area contributed by atoms with Gasteiger partial charge in [-0.2, -0.15) is 0 Å². The van der Waals surface area contributed by atoms with Crippen molar-refractivity contribution in [1.29, 1.82) is 0 Å². The van der Waals surface area contributed by atoms with Gasteiger partial charge in [0.15, 0.2) is 5.82 Å². The number of amides is 1. The number of methoxy groups -OCH3 is 1. The molecule has 0 atom stereocenters. The lowest BCUT2D eigenvalue weighted by molar-refractivity contribution is -0.113. The quantitative estimate of drug-likeness (QED) is 0.662. The number of benzene rings is 2. The van der Waals surface area contributed by atoms with Gasteiger partial charge in [0.1, 0.15) is 5.75 Å². The number of aromatic amines is 1. The number of ether oxygens (including phenoxy) is 1. The molecule has 2 aromatic carbocycles. The van der Waals surface area contributed by atoms with Gasteiger partial charge in [-0.1, -0.05) is 35.5 Å². The Bertz CT molecular complexity index is 862. The highest BCUT2D eigenvalue weighted by Crippen LogP contribution is 2.20. The van der Waals surface area contributed by atoms with Crippen LogP contribution in [0, 0.1) is 6.92 Å². The number of aromatic nitrogens is 3. The van der Waals surface area contributed by atoms with Crippen LogP contribution in [0.25, 0.3) is 11.4 Å². The number of thioether (sulfide) groups is 1. The van der Waals surface area contributed by atoms with Crippen molar-refractivity contribution in [3.05, 3.63) is 54.1 Å². The van der Waals surface area contributed by atoms with E-state index in [0.717, 1.165) is 22.6 Å². The maximum absolute atomic E-state index is 12.0. The fourth-order valence-electron chi connectivity index (χ4n) is 2.23. The van der Waals surface area contributed by atoms with Crippen molar-refractivity contribution in [3.63, 3.8) is 0 Å². The van der Waals surface area contributed by atoms with Crippen LogP contribution < -0.4 is 10.1 Å². The van der Waals surface area contributed by atoms with Gasteiger partial charge in [-0.15, -0.1) is 5.10 Å². The lowest BCUT2D eigenvalue weighted by Crippen LogP contribution is -2.14. The highest BCUT2D eigenvalue weighted by Gasteiger charge is 2.09. The van der Waals surface area contributed by atoms with E-state index in [1.165, 1.54) is 11.8 Å². The highest BCUT2D eigenvalue weighted by molar-refractivity contribution is 7.99. The molecule has 0 spiro atoms. The molecule has 7 heteroatoms. The third-order valence-electron chi connectivity index (χ3n) is 3.46. The van der Waals surface area contributed by atoms with Crippen LogP contribution >= 0.6 is 11.8 Å². The summed E-state index contributed by atoms with van der Waals surface area (Å²) in [5, 5.41) is 10.4. The van der Waals surface area contributed by atoms with Gasteiger partial charge in [0, 0.05) is 11.3 Å². The molecule has 0 saturated heterocycles. The fourth-order valence-corrected chi connectivity index (χ4v) is 2.83. The molecular weight excluding hydrogens is 336 g/mol. The van der Waals surface area contributed by atoms with Gasteiger partial charge in [-0.3, -0.25) is 9.89 Å². The molecule has 3 aromatic rings. The second-order valence-electron chi connectivity index (χ2n) is 5.40. The number of aryl methyl sites for hydroxylation is 1. The van der Waals surface area contributed by atoms with Crippen LogP contribution in [-0.2, 0) is 4.79 Å². The molecule has 6 nitrogen and oxygen atoms in total. The summed E-state index contributed by atoms with van der Waals surface area (Å²) >= 11 is 1.28. The Morgan fingerprint density at radius 1 is 1.24 bits per heavy atom. The molecule has 0 fully saturated rings. The first-order valence-corrected chi connectivity index (χ1v) is 8.69. The van der Waals surface area contributed by atoms with Crippen molar-refractivity contribution in [2.24, 2.45) is 0 Å². The summed E-state index contributed by atoms with van der Waals surface area (Å²) in [6.07, 6.45) is 0. The smallest absolute Gasteiger partial charge is 0.234 e. The van der Waals surface area contributed by atoms with Gasteiger partial charge >= 0.3 is 0 Å². The van der Waals surface area contributed by atoms with Crippen LogP contribution in [0.3, 0.4) is 0 Å². The predicted molar refractivity (Wildman–Crippen MR) is 98.9 cm³/mol. The SMILES string of the molecule is COc1ccc(NC(=O)CSc2n[nH]c(-c3cccc(C)c3)n2)cc1. The van der Waals surface area contributed by atoms with E-state index in [1.54, 1.807) is 31.4 Å². The Balaban J connectivity index is 1.55. The molecule has 3 rings (SSSR count). The zero-order chi connectivity index (χ0) is 17.6. The number of rotatable bonds is 6. The van der Waals surface area contributed by atoms with Crippen LogP contribution in [-0.4, -0.2) is 34.0 Å². The average Bonchev–Trinajstić information content (AvgIpc) is 3.10. The van der Waals surface area contributed by atoms with Gasteiger partial charge in [0.25, 0.3) is 0 Å². The minimum Gasteiger partial charge on any atom is -0.497 e. The molecule has 1 heterocycles. The summed E-state index contributed by atoms with van der Waals surface area (Å²) in [5.74, 6) is 1.56. The molecule has 1 amide bonds. The number of carbonyl (C=O) groups excluding carboxylic acids is 1. The van der Waals surface area contributed by atoms with Gasteiger partial charge in [-0.25, -0.2) is 4.98 Å². The van der Waals surface area contributed by atoms with Gasteiger partial charge in [0.2, 0.25) is 11.1 Å². The molecule has 0 aliphatic carbocycles. The topological polar surface area (TPSA) is 79.9 Å². The van der Waals surface area contributed by atoms with Gasteiger partial charge in [-0.05, 0) is 37.3 Å². The summed E-state index contributed by atoms with van der Waals surface area (Å²) in [5.41, 5.74) is 2.85. The van der Waals surface area contributed by atoms with Crippen LogP contribution in [0.5, 0.6) is 5.75 Å². The molecule has 0 saturated carbocycles. The Morgan fingerprint density at radius 2 is 2.04 bits per heavy atom. The number of nitrogens with one attached hydrogen (secondary N) is 2. The first-order valence-electron chi connectivity index (χ1n) is 7.70. The molecule has 128 valence electrons. The van der Waals surface area contributed by atoms with E-state index in [9.17, 15) is 4.79 Å². The monoisotopic (exact) mass is 354 g/mol. The van der Waals surface area contributed by atoms with Crippen LogP contribution in [0.4, 0.5) is 5.69 Å². The third kappa shape index (κ3) is 4.60. The molecule has 25 heavy (non-hydrogen) atoms. The zero-order valence-corrected chi connectivity index (χ0v) is 14.8. The Hall–Kier alpha value is -2.80. The molecule has 2 N–H and O–H groups in total. The number of hydrogen-bond acceptors (Lipinski definition) is 5. The fraction of sp³-hybridized carbons (Fsp3) is 0.167. The van der Waals surface area contributed by atoms with Crippen molar-refractivity contribution in [2.45, 2.75) is 12.1 Å². The largest absolute Gasteiger partial charge is 0.497 e. The van der Waals surface area contributed by atoms with Gasteiger partial charge < -0.3 is 10.1 Å². The summed E-state index contributed by atoms with van der Waals surface area (Å²) in [4.78, 5) is 16.5. The molecule has 0 unspecified atom stereocenters. The molecule has 0 radical (unpaired) electrons. The Kier molecular flexibility index (Phi) is 5.35. The number of carbonyl (C=O) groups is 1. The van der Waals surface area contributed by atoms with E-state index < -0.39 is 0 Å². The van der Waals surface area contributed by atoms with Crippen molar-refractivity contribution in [2.75, 3.05) is 18.2 Å². The highest BCUT2D eigenvalue weighted by atomic mass is 32.2. The van der Waals surface area contributed by atoms with Crippen molar-refractivity contribution < 1.29 is 9.53 Å². The second kappa shape index (κ2) is 7.85. The molecule has 0 aliphatic rings. The molecule has 0 aliphatic heterocycles. The lowest BCUT2D eigenvalue weighted by Gasteiger charge is -2.05. The first kappa shape index (κ1) is 17.0. The maximum Gasteiger partial charge on any atom is 0.234 e. The first-order chi connectivity index (χ1) is 12.1. The number of anilines is 1. The van der Waals surface area contributed by atoms with E-state index in [4.69, 9.17) is 4.74 Å². The van der Waals surface area contributed by atoms with Crippen LogP contribution in [0.15, 0.2) is 53.7 Å². The van der Waals surface area contributed by atoms with Crippen LogP contribution in [0.1, 0.15) is 5.56 Å². The summed E-state index contributed by atoms with van der Waals surface area (Å²) in [7, 11) is 1.60. The van der Waals surface area contributed by atoms with E-state index >= 15 is 0 Å². The predicted octanol–water partition coefficient (Wildman–Crippen LogP) is 3.52. The van der Waals surface area contributed by atoms with E-state index in [1.807, 2.05) is 31.2 Å². The van der Waals surface area contributed by atoms with Crippen molar-refractivity contribution in [3.8, 4) is 17.1 Å². The minimum absolute atomic E-state index is 0.114. The average molecular weight is 354 g/mol. The number of hydrogen-bond donors (Lipinski definition) is 2. The Morgan fingerprint density at radius 3 is 2.76 bits per heavy atom. The standard InChI is InChI=1S/C18H18N4O2S/c1-12-4-3-5-13(10-12)17-20-18(22-21-17)25-11-16(23)19-14-6-8-15(24-2)9-7-14/h3-10H,11H2,1-2H3,(H,19,23)(H,20,21,22). The second-order valence-corrected chi connectivity index (χ2v) is 6.34. The number of H-pyrrole nitrogens is 1. The van der Waals surface area contributed by atoms with E-state index in [0.29, 0.717) is 11.0 Å². The Labute approximate surface area is 150 Å². The molecular formula is C18H18N4O2S. The summed E-state index contributed by atoms with van der Waals surface area (Å²) < 4.78 is 5.09. The van der Waals surface area contributed by atoms with Crippen molar-refractivity contribution in [1.82, 2.24) is 15.2 Å². The number of nitrogens with zero attached hydrogens (tertiary/aromatic N) is 2. The lowest BCUT2D eigenvalue weighted by atomic mass is 10.1. The minimum atomic E-state index is -0.114. The van der Waals surface area contributed by atoms with Gasteiger partial charge in [0.05, 0.1) is 12.9 Å². The summed E-state index contributed by atoms with van der Waals surface area (Å²) in [6.45, 7) is 2.03. The van der Waals surface area contributed by atoms with E-state index in [-0.39, 0.29) is 11.7 Å². The molecule has 1 aromatic heterocycles.